The number of hydrogen-bond acceptors (Lipinski definition) is 3. The van der Waals surface area contributed by atoms with E-state index in [1.807, 2.05) is 18.2 Å². The van der Waals surface area contributed by atoms with E-state index < -0.39 is 0 Å². The number of nitriles is 1. The van der Waals surface area contributed by atoms with Crippen molar-refractivity contribution in [3.05, 3.63) is 41.1 Å². The van der Waals surface area contributed by atoms with Crippen molar-refractivity contribution in [3.8, 4) is 6.07 Å². The Morgan fingerprint density at radius 3 is 2.75 bits per heavy atom. The average molecular weight is 212 g/mol. The number of nitrogens with zero attached hydrogens (tertiary/aromatic N) is 1. The van der Waals surface area contributed by atoms with Crippen LogP contribution in [0.1, 0.15) is 11.1 Å². The van der Waals surface area contributed by atoms with Gasteiger partial charge in [-0.05, 0) is 0 Å². The van der Waals surface area contributed by atoms with Crippen LogP contribution >= 0.6 is 0 Å². The van der Waals surface area contributed by atoms with Crippen molar-refractivity contribution in [1.29, 1.82) is 10.7 Å². The number of fused-ring (bicyclic) bond motifs is 1. The van der Waals surface area contributed by atoms with E-state index in [-0.39, 0.29) is 11.5 Å². The van der Waals surface area contributed by atoms with Gasteiger partial charge in [0.1, 0.15) is 17.6 Å². The predicted molar refractivity (Wildman–Crippen MR) is 58.1 cm³/mol. The highest BCUT2D eigenvalue weighted by molar-refractivity contribution is 6.11. The molecule has 0 aliphatic carbocycles. The molecule has 1 aliphatic rings. The van der Waals surface area contributed by atoms with Crippen LogP contribution < -0.4 is 10.6 Å². The van der Waals surface area contributed by atoms with Gasteiger partial charge in [-0.3, -0.25) is 10.2 Å². The Morgan fingerprint density at radius 2 is 2.12 bits per heavy atom. The lowest BCUT2D eigenvalue weighted by molar-refractivity contribution is -0.108. The molecular weight excluding hydrogens is 204 g/mol. The number of hydrogen-bond donors (Lipinski definition) is 3. The first-order valence-corrected chi connectivity index (χ1v) is 4.58. The lowest BCUT2D eigenvalue weighted by Gasteiger charge is -2.03. The van der Waals surface area contributed by atoms with E-state index in [0.29, 0.717) is 12.1 Å². The van der Waals surface area contributed by atoms with Gasteiger partial charge >= 0.3 is 0 Å². The number of nitrogens with one attached hydrogen (secondary N) is 3. The monoisotopic (exact) mass is 212 g/mol. The van der Waals surface area contributed by atoms with Crippen LogP contribution in [0, 0.1) is 16.7 Å². The summed E-state index contributed by atoms with van der Waals surface area (Å²) < 4.78 is 0. The summed E-state index contributed by atoms with van der Waals surface area (Å²) in [6, 6.07) is 9.10. The summed E-state index contributed by atoms with van der Waals surface area (Å²) >= 11 is 0. The fourth-order valence-electron chi connectivity index (χ4n) is 1.60. The van der Waals surface area contributed by atoms with E-state index in [4.69, 9.17) is 10.7 Å². The fraction of sp³-hybridized carbons (Fsp3) is 0. The summed E-state index contributed by atoms with van der Waals surface area (Å²) in [7, 11) is 0. The third-order valence-electron chi connectivity index (χ3n) is 2.28. The number of carbonyl (C=O) groups excluding carboxylic acids is 1. The average Bonchev–Trinajstić information content (AvgIpc) is 2.65. The molecule has 0 fully saturated rings. The van der Waals surface area contributed by atoms with Crippen molar-refractivity contribution in [3.63, 3.8) is 0 Å². The highest BCUT2D eigenvalue weighted by Crippen LogP contribution is 2.25. The third-order valence-corrected chi connectivity index (χ3v) is 2.28. The number of rotatable bonds is 2. The molecule has 1 aliphatic heterocycles. The first-order chi connectivity index (χ1) is 7.77. The lowest BCUT2D eigenvalue weighted by atomic mass is 10.1. The van der Waals surface area contributed by atoms with Crippen molar-refractivity contribution in [2.75, 3.05) is 0 Å². The molecule has 2 rings (SSSR count). The molecule has 3 N–H and O–H groups in total. The van der Waals surface area contributed by atoms with Crippen LogP contribution in [0.5, 0.6) is 0 Å². The molecule has 0 spiro atoms. The molecule has 0 aromatic heterocycles. The molecule has 0 bridgehead atoms. The van der Waals surface area contributed by atoms with Crippen LogP contribution in [-0.4, -0.2) is 12.2 Å². The van der Waals surface area contributed by atoms with Crippen molar-refractivity contribution in [2.24, 2.45) is 0 Å². The van der Waals surface area contributed by atoms with Crippen LogP contribution in [0.4, 0.5) is 0 Å². The van der Waals surface area contributed by atoms with Crippen LogP contribution in [0.3, 0.4) is 0 Å². The van der Waals surface area contributed by atoms with Gasteiger partial charge in [-0.25, -0.2) is 0 Å². The van der Waals surface area contributed by atoms with Crippen LogP contribution in [0.25, 0.3) is 5.70 Å². The van der Waals surface area contributed by atoms with Crippen LogP contribution in [0.15, 0.2) is 30.0 Å². The Labute approximate surface area is 91.9 Å². The summed E-state index contributed by atoms with van der Waals surface area (Å²) in [5.74, 6) is 0.228. The number of carbonyl (C=O) groups is 1. The summed E-state index contributed by atoms with van der Waals surface area (Å²) in [4.78, 5) is 10.3. The van der Waals surface area contributed by atoms with E-state index in [2.05, 4.69) is 10.6 Å². The second kappa shape index (κ2) is 3.87. The Morgan fingerprint density at radius 1 is 1.44 bits per heavy atom. The zero-order valence-electron chi connectivity index (χ0n) is 8.24. The molecule has 0 unspecified atom stereocenters. The normalized spacial score (nSPS) is 15.8. The van der Waals surface area contributed by atoms with E-state index in [1.165, 1.54) is 0 Å². The van der Waals surface area contributed by atoms with Gasteiger partial charge in [0.25, 0.3) is 0 Å². The zero-order valence-corrected chi connectivity index (χ0v) is 8.24. The molecule has 5 nitrogen and oxygen atoms in total. The van der Waals surface area contributed by atoms with Gasteiger partial charge in [-0.1, -0.05) is 24.3 Å². The number of amides is 1. The molecule has 0 saturated heterocycles. The van der Waals surface area contributed by atoms with Crippen molar-refractivity contribution >= 4 is 17.9 Å². The van der Waals surface area contributed by atoms with Gasteiger partial charge < -0.3 is 10.6 Å². The first kappa shape index (κ1) is 9.93. The summed E-state index contributed by atoms with van der Waals surface area (Å²) in [5.41, 5.74) is 2.05. The van der Waals surface area contributed by atoms with Gasteiger partial charge in [-0.2, -0.15) is 5.26 Å². The topological polar surface area (TPSA) is 88.8 Å². The maximum atomic E-state index is 10.3. The maximum Gasteiger partial charge on any atom is 0.212 e. The molecule has 1 amide bonds. The Bertz CT molecular complexity index is 539. The summed E-state index contributed by atoms with van der Waals surface area (Å²) in [6.45, 7) is 0. The Balaban J connectivity index is 2.60. The minimum absolute atomic E-state index is 0.115. The van der Waals surface area contributed by atoms with E-state index in [9.17, 15) is 4.79 Å². The summed E-state index contributed by atoms with van der Waals surface area (Å²) in [6.07, 6.45) is 0.442. The molecule has 1 heterocycles. The first-order valence-electron chi connectivity index (χ1n) is 4.58. The van der Waals surface area contributed by atoms with Crippen molar-refractivity contribution in [1.82, 2.24) is 10.6 Å². The quantitative estimate of drug-likeness (QED) is 0.494. The molecule has 0 atom stereocenters. The molecule has 5 heteroatoms. The third kappa shape index (κ3) is 1.42. The molecule has 16 heavy (non-hydrogen) atoms. The van der Waals surface area contributed by atoms with E-state index in [0.717, 1.165) is 11.1 Å². The fourth-order valence-corrected chi connectivity index (χ4v) is 1.60. The lowest BCUT2D eigenvalue weighted by Crippen LogP contribution is -2.18. The molecule has 0 radical (unpaired) electrons. The van der Waals surface area contributed by atoms with E-state index in [1.54, 1.807) is 12.1 Å². The molecule has 1 aromatic carbocycles. The van der Waals surface area contributed by atoms with E-state index >= 15 is 0 Å². The molecule has 1 aromatic rings. The smallest absolute Gasteiger partial charge is 0.212 e. The maximum absolute atomic E-state index is 10.3. The Kier molecular flexibility index (Phi) is 2.40. The van der Waals surface area contributed by atoms with Crippen molar-refractivity contribution in [2.45, 2.75) is 0 Å². The van der Waals surface area contributed by atoms with Gasteiger partial charge in [0.15, 0.2) is 0 Å². The molecule has 0 saturated carbocycles. The standard InChI is InChI=1S/C11H8N4O/c12-5-9(14-6-16)10-7-3-1-2-4-8(7)11(13)15-10/h1-4,6H,(H2,13,15)(H,14,16). The highest BCUT2D eigenvalue weighted by atomic mass is 16.1. The zero-order chi connectivity index (χ0) is 11.5. The van der Waals surface area contributed by atoms with Crippen LogP contribution in [-0.2, 0) is 4.79 Å². The molecule has 78 valence electrons. The second-order valence-electron chi connectivity index (χ2n) is 3.17. The van der Waals surface area contributed by atoms with Gasteiger partial charge in [0.05, 0.1) is 5.70 Å². The minimum atomic E-state index is 0.115. The largest absolute Gasteiger partial charge is 0.337 e. The predicted octanol–water partition coefficient (Wildman–Crippen LogP) is 0.553. The van der Waals surface area contributed by atoms with Crippen LogP contribution in [0.2, 0.25) is 0 Å². The number of allylic oxidation sites excluding steroid dienone is 1. The molecular formula is C11H8N4O. The number of benzene rings is 1. The minimum Gasteiger partial charge on any atom is -0.337 e. The highest BCUT2D eigenvalue weighted by Gasteiger charge is 2.23. The second-order valence-corrected chi connectivity index (χ2v) is 3.17. The Hall–Kier alpha value is -2.61. The van der Waals surface area contributed by atoms with Gasteiger partial charge in [0, 0.05) is 11.1 Å². The number of amidine groups is 1. The van der Waals surface area contributed by atoms with Gasteiger partial charge in [0.2, 0.25) is 6.41 Å². The SMILES string of the molecule is N#CC(NC=O)=C1NC(=N)c2ccccc21. The van der Waals surface area contributed by atoms with Gasteiger partial charge in [-0.15, -0.1) is 0 Å². The summed E-state index contributed by atoms with van der Waals surface area (Å²) in [5, 5.41) is 21.7. The van der Waals surface area contributed by atoms with Crippen molar-refractivity contribution < 1.29 is 4.79 Å².